The number of carbonyl (C=O) groups excluding carboxylic acids is 1. The molecule has 0 fully saturated rings. The average Bonchev–Trinajstić information content (AvgIpc) is 2.70. The highest BCUT2D eigenvalue weighted by Crippen LogP contribution is 2.20. The SMILES string of the molecule is Cc1ccc(NC(=O)c2cncn2C)cc1Br. The molecule has 17 heavy (non-hydrogen) atoms. The number of benzene rings is 1. The van der Waals surface area contributed by atoms with Crippen LogP contribution in [0.4, 0.5) is 5.69 Å². The number of rotatable bonds is 2. The van der Waals surface area contributed by atoms with Crippen LogP contribution in [0.15, 0.2) is 35.2 Å². The molecule has 0 aliphatic rings. The highest BCUT2D eigenvalue weighted by atomic mass is 79.9. The summed E-state index contributed by atoms with van der Waals surface area (Å²) in [6, 6.07) is 5.70. The van der Waals surface area contributed by atoms with E-state index in [1.54, 1.807) is 24.1 Å². The van der Waals surface area contributed by atoms with Crippen molar-refractivity contribution in [2.24, 2.45) is 7.05 Å². The predicted octanol–water partition coefficient (Wildman–Crippen LogP) is 2.74. The molecule has 1 amide bonds. The molecule has 4 nitrogen and oxygen atoms in total. The summed E-state index contributed by atoms with van der Waals surface area (Å²) in [6.07, 6.45) is 3.14. The summed E-state index contributed by atoms with van der Waals surface area (Å²) in [5.41, 5.74) is 2.42. The number of halogens is 1. The van der Waals surface area contributed by atoms with E-state index >= 15 is 0 Å². The molecule has 0 atom stereocenters. The van der Waals surface area contributed by atoms with Gasteiger partial charge in [0.25, 0.3) is 5.91 Å². The van der Waals surface area contributed by atoms with Crippen LogP contribution in [-0.4, -0.2) is 15.5 Å². The molecule has 1 aromatic heterocycles. The number of amides is 1. The van der Waals surface area contributed by atoms with Gasteiger partial charge in [0, 0.05) is 17.2 Å². The third-order valence-corrected chi connectivity index (χ3v) is 3.33. The molecule has 1 aromatic carbocycles. The summed E-state index contributed by atoms with van der Waals surface area (Å²) in [7, 11) is 1.78. The van der Waals surface area contributed by atoms with E-state index in [-0.39, 0.29) is 5.91 Å². The van der Waals surface area contributed by atoms with Crippen LogP contribution < -0.4 is 5.32 Å². The number of anilines is 1. The molecule has 0 aliphatic carbocycles. The first kappa shape index (κ1) is 11.9. The van der Waals surface area contributed by atoms with Crippen molar-refractivity contribution in [2.45, 2.75) is 6.92 Å². The Balaban J connectivity index is 2.19. The first-order valence-electron chi connectivity index (χ1n) is 5.12. The Morgan fingerprint density at radius 1 is 1.47 bits per heavy atom. The lowest BCUT2D eigenvalue weighted by Gasteiger charge is -2.07. The lowest BCUT2D eigenvalue weighted by molar-refractivity contribution is 0.101. The average molecular weight is 294 g/mol. The Morgan fingerprint density at radius 2 is 2.24 bits per heavy atom. The van der Waals surface area contributed by atoms with Crippen LogP contribution in [0.3, 0.4) is 0 Å². The Bertz CT molecular complexity index is 563. The third kappa shape index (κ3) is 2.55. The van der Waals surface area contributed by atoms with Gasteiger partial charge in [0.05, 0.1) is 12.5 Å². The van der Waals surface area contributed by atoms with Gasteiger partial charge in [-0.1, -0.05) is 22.0 Å². The molecule has 2 rings (SSSR count). The van der Waals surface area contributed by atoms with E-state index in [0.717, 1.165) is 15.7 Å². The number of aryl methyl sites for hydroxylation is 2. The van der Waals surface area contributed by atoms with E-state index in [1.165, 1.54) is 0 Å². The Kier molecular flexibility index (Phi) is 3.28. The summed E-state index contributed by atoms with van der Waals surface area (Å²) >= 11 is 3.43. The highest BCUT2D eigenvalue weighted by Gasteiger charge is 2.10. The zero-order chi connectivity index (χ0) is 12.4. The molecule has 0 aliphatic heterocycles. The largest absolute Gasteiger partial charge is 0.330 e. The van der Waals surface area contributed by atoms with Gasteiger partial charge in [0.15, 0.2) is 0 Å². The zero-order valence-corrected chi connectivity index (χ0v) is 11.2. The minimum atomic E-state index is -0.166. The number of hydrogen-bond donors (Lipinski definition) is 1. The van der Waals surface area contributed by atoms with Gasteiger partial charge < -0.3 is 9.88 Å². The first-order valence-corrected chi connectivity index (χ1v) is 5.91. The summed E-state index contributed by atoms with van der Waals surface area (Å²) < 4.78 is 2.65. The third-order valence-electron chi connectivity index (χ3n) is 2.48. The molecule has 0 radical (unpaired) electrons. The van der Waals surface area contributed by atoms with Crippen LogP contribution in [0.25, 0.3) is 0 Å². The van der Waals surface area contributed by atoms with Gasteiger partial charge in [-0.15, -0.1) is 0 Å². The molecule has 1 heterocycles. The maximum Gasteiger partial charge on any atom is 0.273 e. The first-order chi connectivity index (χ1) is 8.08. The van der Waals surface area contributed by atoms with E-state index in [9.17, 15) is 4.79 Å². The minimum absolute atomic E-state index is 0.166. The fourth-order valence-electron chi connectivity index (χ4n) is 1.44. The molecule has 0 unspecified atom stereocenters. The Morgan fingerprint density at radius 3 is 2.82 bits per heavy atom. The summed E-state index contributed by atoms with van der Waals surface area (Å²) in [6.45, 7) is 2.00. The number of nitrogens with zero attached hydrogens (tertiary/aromatic N) is 2. The molecule has 88 valence electrons. The molecular formula is C12H12BrN3O. The van der Waals surface area contributed by atoms with Crippen LogP contribution in [0, 0.1) is 6.92 Å². The summed E-state index contributed by atoms with van der Waals surface area (Å²) in [5.74, 6) is -0.166. The second kappa shape index (κ2) is 4.71. The maximum absolute atomic E-state index is 11.9. The topological polar surface area (TPSA) is 46.9 Å². The molecule has 0 saturated carbocycles. The van der Waals surface area contributed by atoms with E-state index in [1.807, 2.05) is 25.1 Å². The van der Waals surface area contributed by atoms with E-state index in [4.69, 9.17) is 0 Å². The quantitative estimate of drug-likeness (QED) is 0.925. The number of hydrogen-bond acceptors (Lipinski definition) is 2. The van der Waals surface area contributed by atoms with Gasteiger partial charge in [-0.25, -0.2) is 4.98 Å². The highest BCUT2D eigenvalue weighted by molar-refractivity contribution is 9.10. The molecule has 1 N–H and O–H groups in total. The van der Waals surface area contributed by atoms with Gasteiger partial charge in [0.1, 0.15) is 5.69 Å². The molecule has 0 saturated heterocycles. The fraction of sp³-hybridized carbons (Fsp3) is 0.167. The molecule has 5 heteroatoms. The number of nitrogens with one attached hydrogen (secondary N) is 1. The van der Waals surface area contributed by atoms with Crippen molar-refractivity contribution < 1.29 is 4.79 Å². The number of carbonyl (C=O) groups is 1. The van der Waals surface area contributed by atoms with Gasteiger partial charge in [-0.05, 0) is 24.6 Å². The maximum atomic E-state index is 11.9. The monoisotopic (exact) mass is 293 g/mol. The van der Waals surface area contributed by atoms with E-state index in [2.05, 4.69) is 26.2 Å². The smallest absolute Gasteiger partial charge is 0.273 e. The van der Waals surface area contributed by atoms with Gasteiger partial charge >= 0.3 is 0 Å². The van der Waals surface area contributed by atoms with Crippen molar-refractivity contribution in [1.82, 2.24) is 9.55 Å². The minimum Gasteiger partial charge on any atom is -0.330 e. The fourth-order valence-corrected chi connectivity index (χ4v) is 1.82. The number of aromatic nitrogens is 2. The number of imidazole rings is 1. The Labute approximate surface area is 108 Å². The normalized spacial score (nSPS) is 10.3. The van der Waals surface area contributed by atoms with Gasteiger partial charge in [0.2, 0.25) is 0 Å². The van der Waals surface area contributed by atoms with Crippen molar-refractivity contribution in [3.05, 3.63) is 46.5 Å². The molecule has 0 bridgehead atoms. The van der Waals surface area contributed by atoms with Gasteiger partial charge in [-0.2, -0.15) is 0 Å². The Hall–Kier alpha value is -1.62. The van der Waals surface area contributed by atoms with Crippen molar-refractivity contribution >= 4 is 27.5 Å². The van der Waals surface area contributed by atoms with E-state index in [0.29, 0.717) is 5.69 Å². The van der Waals surface area contributed by atoms with Crippen molar-refractivity contribution in [2.75, 3.05) is 5.32 Å². The predicted molar refractivity (Wildman–Crippen MR) is 70.0 cm³/mol. The van der Waals surface area contributed by atoms with Crippen molar-refractivity contribution in [3.63, 3.8) is 0 Å². The van der Waals surface area contributed by atoms with Crippen LogP contribution in [-0.2, 0) is 7.05 Å². The lowest BCUT2D eigenvalue weighted by Crippen LogP contribution is -2.15. The summed E-state index contributed by atoms with van der Waals surface area (Å²) in [5, 5.41) is 2.82. The summed E-state index contributed by atoms with van der Waals surface area (Å²) in [4.78, 5) is 15.8. The van der Waals surface area contributed by atoms with Crippen molar-refractivity contribution in [1.29, 1.82) is 0 Å². The second-order valence-corrected chi connectivity index (χ2v) is 4.66. The zero-order valence-electron chi connectivity index (χ0n) is 9.57. The molecule has 2 aromatic rings. The van der Waals surface area contributed by atoms with Gasteiger partial charge in [-0.3, -0.25) is 4.79 Å². The molecule has 0 spiro atoms. The van der Waals surface area contributed by atoms with E-state index < -0.39 is 0 Å². The van der Waals surface area contributed by atoms with Crippen LogP contribution in [0.5, 0.6) is 0 Å². The van der Waals surface area contributed by atoms with Crippen LogP contribution in [0.1, 0.15) is 16.1 Å². The standard InChI is InChI=1S/C12H12BrN3O/c1-8-3-4-9(5-10(8)13)15-12(17)11-6-14-7-16(11)2/h3-7H,1-2H3,(H,15,17). The molecular weight excluding hydrogens is 282 g/mol. The lowest BCUT2D eigenvalue weighted by atomic mass is 10.2. The van der Waals surface area contributed by atoms with Crippen LogP contribution >= 0.6 is 15.9 Å². The second-order valence-electron chi connectivity index (χ2n) is 3.81. The van der Waals surface area contributed by atoms with Crippen molar-refractivity contribution in [3.8, 4) is 0 Å². The van der Waals surface area contributed by atoms with Crippen LogP contribution in [0.2, 0.25) is 0 Å².